The fourth-order valence-corrected chi connectivity index (χ4v) is 4.13. The molecule has 3 aromatic rings. The summed E-state index contributed by atoms with van der Waals surface area (Å²) >= 11 is 0. The minimum atomic E-state index is -4.22. The van der Waals surface area contributed by atoms with Gasteiger partial charge in [0.2, 0.25) is 0 Å². The highest BCUT2D eigenvalue weighted by Crippen LogP contribution is 2.22. The minimum absolute atomic E-state index is 0.0881. The summed E-state index contributed by atoms with van der Waals surface area (Å²) in [6.07, 6.45) is 1.65. The Kier molecular flexibility index (Phi) is 13.9. The highest BCUT2D eigenvalue weighted by molar-refractivity contribution is 5.92. The molecule has 0 bridgehead atoms. The van der Waals surface area contributed by atoms with Gasteiger partial charge in [0.05, 0.1) is 30.9 Å². The first-order chi connectivity index (χ1) is 22.0. The van der Waals surface area contributed by atoms with E-state index in [0.29, 0.717) is 53.4 Å². The lowest BCUT2D eigenvalue weighted by Gasteiger charge is -2.09. The predicted molar refractivity (Wildman–Crippen MR) is 167 cm³/mol. The molecular weight excluding hydrogens is 605 g/mol. The van der Waals surface area contributed by atoms with Crippen LogP contribution in [0, 0.1) is 0 Å². The second kappa shape index (κ2) is 18.1. The Hall–Kier alpha value is -5.00. The summed E-state index contributed by atoms with van der Waals surface area (Å²) in [6, 6.07) is 17.0. The van der Waals surface area contributed by atoms with E-state index in [1.165, 1.54) is 42.5 Å². The highest BCUT2D eigenvalue weighted by atomic mass is 19.4. The van der Waals surface area contributed by atoms with Gasteiger partial charge in [-0.05, 0) is 85.5 Å². The average Bonchev–Trinajstić information content (AvgIpc) is 3.01. The van der Waals surface area contributed by atoms with E-state index in [1.54, 1.807) is 36.4 Å². The number of ether oxygens (including phenoxy) is 4. The van der Waals surface area contributed by atoms with Crippen molar-refractivity contribution >= 4 is 35.4 Å². The topological polar surface area (TPSA) is 140 Å². The van der Waals surface area contributed by atoms with Gasteiger partial charge in [-0.25, -0.2) is 14.4 Å². The van der Waals surface area contributed by atoms with Gasteiger partial charge < -0.3 is 30.4 Å². The first-order valence-corrected chi connectivity index (χ1v) is 14.8. The molecule has 3 aromatic carbocycles. The standard InChI is InChI=1S/C34H37F3N2O7/c35-34(36,37)17-6-20-43-29-14-10-25(11-15-29)33(42)46-30-12-7-24(8-13-30)9-16-31(40)44-18-4-2-1-3-5-19-45-32(41)26-21-27(38)23-28(39)22-26/h7-16,21-23H,1-6,17-20,38-39H2. The van der Waals surface area contributed by atoms with Crippen molar-refractivity contribution in [1.82, 2.24) is 0 Å². The molecule has 0 aliphatic carbocycles. The van der Waals surface area contributed by atoms with Crippen molar-refractivity contribution in [1.29, 1.82) is 0 Å². The first-order valence-electron chi connectivity index (χ1n) is 14.8. The van der Waals surface area contributed by atoms with Crippen LogP contribution >= 0.6 is 0 Å². The second-order valence-electron chi connectivity index (χ2n) is 10.3. The van der Waals surface area contributed by atoms with Gasteiger partial charge in [-0.2, -0.15) is 13.2 Å². The van der Waals surface area contributed by atoms with E-state index in [1.807, 2.05) is 0 Å². The lowest BCUT2D eigenvalue weighted by atomic mass is 10.1. The van der Waals surface area contributed by atoms with Crippen molar-refractivity contribution in [2.75, 3.05) is 31.3 Å². The molecule has 46 heavy (non-hydrogen) atoms. The van der Waals surface area contributed by atoms with Crippen LogP contribution in [-0.2, 0) is 14.3 Å². The number of halogens is 3. The van der Waals surface area contributed by atoms with E-state index >= 15 is 0 Å². The molecule has 3 rings (SSSR count). The van der Waals surface area contributed by atoms with Crippen LogP contribution in [0.25, 0.3) is 6.08 Å². The maximum atomic E-state index is 12.4. The van der Waals surface area contributed by atoms with Crippen LogP contribution in [0.15, 0.2) is 72.8 Å². The van der Waals surface area contributed by atoms with Gasteiger partial charge in [-0.3, -0.25) is 0 Å². The van der Waals surface area contributed by atoms with Crippen LogP contribution in [0.4, 0.5) is 24.5 Å². The van der Waals surface area contributed by atoms with Crippen molar-refractivity contribution < 1.29 is 46.5 Å². The zero-order chi connectivity index (χ0) is 33.4. The second-order valence-corrected chi connectivity index (χ2v) is 10.3. The SMILES string of the molecule is Nc1cc(N)cc(C(=O)OCCCCCCCOC(=O)C=Cc2ccc(OC(=O)c3ccc(OCCCC(F)(F)F)cc3)cc2)c1. The lowest BCUT2D eigenvalue weighted by Crippen LogP contribution is -2.10. The van der Waals surface area contributed by atoms with Gasteiger partial charge in [0.25, 0.3) is 0 Å². The number of carbonyl (C=O) groups excluding carboxylic acids is 3. The molecule has 0 saturated carbocycles. The smallest absolute Gasteiger partial charge is 0.389 e. The van der Waals surface area contributed by atoms with E-state index in [-0.39, 0.29) is 25.2 Å². The van der Waals surface area contributed by atoms with Crippen molar-refractivity contribution in [2.24, 2.45) is 0 Å². The molecule has 0 aliphatic heterocycles. The number of nitrogens with two attached hydrogens (primary N) is 2. The highest BCUT2D eigenvalue weighted by Gasteiger charge is 2.26. The number of nitrogen functional groups attached to an aromatic ring is 2. The quantitative estimate of drug-likeness (QED) is 0.0516. The summed E-state index contributed by atoms with van der Waals surface area (Å²) in [5, 5.41) is 0. The Labute approximate surface area is 265 Å². The third-order valence-electron chi connectivity index (χ3n) is 6.45. The molecule has 12 heteroatoms. The van der Waals surface area contributed by atoms with Crippen LogP contribution in [0.1, 0.15) is 71.2 Å². The third-order valence-corrected chi connectivity index (χ3v) is 6.45. The van der Waals surface area contributed by atoms with E-state index in [2.05, 4.69) is 0 Å². The molecule has 0 saturated heterocycles. The molecular formula is C34H37F3N2O7. The largest absolute Gasteiger partial charge is 0.494 e. The Morgan fingerprint density at radius 2 is 1.24 bits per heavy atom. The maximum Gasteiger partial charge on any atom is 0.389 e. The molecule has 0 amide bonds. The summed E-state index contributed by atoms with van der Waals surface area (Å²) in [5.41, 5.74) is 13.5. The zero-order valence-electron chi connectivity index (χ0n) is 25.2. The first kappa shape index (κ1) is 35.5. The van der Waals surface area contributed by atoms with E-state index in [0.717, 1.165) is 19.3 Å². The van der Waals surface area contributed by atoms with Crippen molar-refractivity contribution in [3.63, 3.8) is 0 Å². The van der Waals surface area contributed by atoms with Gasteiger partial charge in [-0.15, -0.1) is 0 Å². The number of esters is 3. The Morgan fingerprint density at radius 3 is 1.87 bits per heavy atom. The van der Waals surface area contributed by atoms with Crippen molar-refractivity contribution in [2.45, 2.75) is 51.1 Å². The summed E-state index contributed by atoms with van der Waals surface area (Å²) in [6.45, 7) is 0.492. The lowest BCUT2D eigenvalue weighted by molar-refractivity contribution is -0.138. The molecule has 0 atom stereocenters. The molecule has 0 aliphatic rings. The number of carbonyl (C=O) groups is 3. The monoisotopic (exact) mass is 642 g/mol. The van der Waals surface area contributed by atoms with E-state index in [9.17, 15) is 27.6 Å². The van der Waals surface area contributed by atoms with Gasteiger partial charge in [0.1, 0.15) is 11.5 Å². The molecule has 0 fully saturated rings. The number of benzene rings is 3. The molecule has 0 aromatic heterocycles. The van der Waals surface area contributed by atoms with Gasteiger partial charge >= 0.3 is 24.1 Å². The number of hydrogen-bond acceptors (Lipinski definition) is 9. The number of rotatable bonds is 17. The Balaban J connectivity index is 1.25. The van der Waals surface area contributed by atoms with Crippen LogP contribution in [-0.4, -0.2) is 43.9 Å². The number of anilines is 2. The molecule has 0 radical (unpaired) electrons. The molecule has 9 nitrogen and oxygen atoms in total. The predicted octanol–water partition coefficient (Wildman–Crippen LogP) is 7.16. The number of alkyl halides is 3. The maximum absolute atomic E-state index is 12.4. The van der Waals surface area contributed by atoms with Gasteiger partial charge in [0.15, 0.2) is 0 Å². The van der Waals surface area contributed by atoms with Crippen LogP contribution in [0.5, 0.6) is 11.5 Å². The molecule has 0 spiro atoms. The Morgan fingerprint density at radius 1 is 0.652 bits per heavy atom. The zero-order valence-corrected chi connectivity index (χ0v) is 25.2. The van der Waals surface area contributed by atoms with Crippen LogP contribution < -0.4 is 20.9 Å². The van der Waals surface area contributed by atoms with Gasteiger partial charge in [-0.1, -0.05) is 31.4 Å². The van der Waals surface area contributed by atoms with Crippen molar-refractivity contribution in [3.05, 3.63) is 89.5 Å². The third kappa shape index (κ3) is 13.7. The van der Waals surface area contributed by atoms with E-state index < -0.39 is 30.5 Å². The summed E-state index contributed by atoms with van der Waals surface area (Å²) in [5.74, 6) is -0.905. The van der Waals surface area contributed by atoms with E-state index in [4.69, 9.17) is 30.4 Å². The molecule has 246 valence electrons. The van der Waals surface area contributed by atoms with Crippen LogP contribution in [0.3, 0.4) is 0 Å². The summed E-state index contributed by atoms with van der Waals surface area (Å²) < 4.78 is 57.7. The summed E-state index contributed by atoms with van der Waals surface area (Å²) in [4.78, 5) is 36.5. The molecule has 4 N–H and O–H groups in total. The fraction of sp³-hybridized carbons (Fsp3) is 0.324. The number of hydrogen-bond donors (Lipinski definition) is 2. The average molecular weight is 643 g/mol. The number of unbranched alkanes of at least 4 members (excludes halogenated alkanes) is 4. The summed E-state index contributed by atoms with van der Waals surface area (Å²) in [7, 11) is 0. The fourth-order valence-electron chi connectivity index (χ4n) is 4.13. The molecule has 0 unspecified atom stereocenters. The van der Waals surface area contributed by atoms with Crippen molar-refractivity contribution in [3.8, 4) is 11.5 Å². The normalized spacial score (nSPS) is 11.3. The van der Waals surface area contributed by atoms with Crippen LogP contribution in [0.2, 0.25) is 0 Å². The minimum Gasteiger partial charge on any atom is -0.494 e. The van der Waals surface area contributed by atoms with Gasteiger partial charge in [0, 0.05) is 23.9 Å². The Bertz CT molecular complexity index is 1440. The molecule has 0 heterocycles.